The first-order valence-corrected chi connectivity index (χ1v) is 8.79. The van der Waals surface area contributed by atoms with Crippen LogP contribution in [0, 0.1) is 0 Å². The van der Waals surface area contributed by atoms with Gasteiger partial charge in [-0.3, -0.25) is 4.79 Å². The largest absolute Gasteiger partial charge is 0.469 e. The van der Waals surface area contributed by atoms with E-state index in [9.17, 15) is 4.79 Å². The fourth-order valence-corrected chi connectivity index (χ4v) is 3.16. The fraction of sp³-hybridized carbons (Fsp3) is 0.211. The number of carbonyl (C=O) groups is 1. The van der Waals surface area contributed by atoms with Crippen molar-refractivity contribution in [2.45, 2.75) is 13.3 Å². The number of nitrogens with zero attached hydrogens (tertiary/aromatic N) is 1. The van der Waals surface area contributed by atoms with Crippen LogP contribution in [0.15, 0.2) is 48.6 Å². The van der Waals surface area contributed by atoms with E-state index in [1.165, 1.54) is 7.11 Å². The van der Waals surface area contributed by atoms with Gasteiger partial charge in [0, 0.05) is 12.2 Å². The SMILES string of the molecule is CC=CCN(c1ccccc1CC(=O)OC)c1c(Cl)ccc(Cl)c1Cl. The van der Waals surface area contributed by atoms with E-state index >= 15 is 0 Å². The number of esters is 1. The predicted octanol–water partition coefficient (Wildman–Crippen LogP) is 6.08. The Morgan fingerprint density at radius 2 is 1.80 bits per heavy atom. The number of carbonyl (C=O) groups excluding carboxylic acids is 1. The van der Waals surface area contributed by atoms with Crippen LogP contribution in [-0.4, -0.2) is 19.6 Å². The Hall–Kier alpha value is -1.68. The third kappa shape index (κ3) is 4.69. The number of hydrogen-bond donors (Lipinski definition) is 0. The fourth-order valence-electron chi connectivity index (χ4n) is 2.44. The number of allylic oxidation sites excluding steroid dienone is 1. The monoisotopic (exact) mass is 397 g/mol. The standard InChI is InChI=1S/C19H18Cl3NO2/c1-3-4-11-23(19-15(21)10-9-14(20)18(19)22)16-8-6-5-7-13(16)12-17(24)25-2/h3-10H,11-12H2,1-2H3. The van der Waals surface area contributed by atoms with E-state index in [4.69, 9.17) is 39.5 Å². The maximum absolute atomic E-state index is 11.8. The van der Waals surface area contributed by atoms with Crippen molar-refractivity contribution in [2.24, 2.45) is 0 Å². The summed E-state index contributed by atoms with van der Waals surface area (Å²) in [7, 11) is 1.37. The smallest absolute Gasteiger partial charge is 0.310 e. The summed E-state index contributed by atoms with van der Waals surface area (Å²) in [5.41, 5.74) is 2.23. The molecule has 2 rings (SSSR count). The molecular formula is C19H18Cl3NO2. The summed E-state index contributed by atoms with van der Waals surface area (Å²) in [5, 5.41) is 1.26. The molecule has 2 aromatic rings. The second-order valence-corrected chi connectivity index (χ2v) is 6.45. The van der Waals surface area contributed by atoms with Crippen molar-refractivity contribution >= 4 is 52.1 Å². The summed E-state index contributed by atoms with van der Waals surface area (Å²) in [5.74, 6) is -0.318. The van der Waals surface area contributed by atoms with E-state index in [0.29, 0.717) is 27.3 Å². The minimum Gasteiger partial charge on any atom is -0.469 e. The normalized spacial score (nSPS) is 10.9. The van der Waals surface area contributed by atoms with Gasteiger partial charge in [0.2, 0.25) is 0 Å². The maximum atomic E-state index is 11.8. The molecule has 0 heterocycles. The highest BCUT2D eigenvalue weighted by atomic mass is 35.5. The lowest BCUT2D eigenvalue weighted by Gasteiger charge is -2.28. The number of para-hydroxylation sites is 1. The van der Waals surface area contributed by atoms with Gasteiger partial charge in [0.05, 0.1) is 34.3 Å². The maximum Gasteiger partial charge on any atom is 0.310 e. The van der Waals surface area contributed by atoms with E-state index in [1.54, 1.807) is 12.1 Å². The topological polar surface area (TPSA) is 29.5 Å². The van der Waals surface area contributed by atoms with Crippen LogP contribution in [0.4, 0.5) is 11.4 Å². The Bertz CT molecular complexity index is 790. The first-order valence-electron chi connectivity index (χ1n) is 7.66. The Morgan fingerprint density at radius 3 is 2.48 bits per heavy atom. The van der Waals surface area contributed by atoms with E-state index in [0.717, 1.165) is 11.3 Å². The van der Waals surface area contributed by atoms with Crippen molar-refractivity contribution in [2.75, 3.05) is 18.6 Å². The van der Waals surface area contributed by atoms with Gasteiger partial charge in [-0.15, -0.1) is 0 Å². The molecule has 0 N–H and O–H groups in total. The molecular weight excluding hydrogens is 381 g/mol. The van der Waals surface area contributed by atoms with Crippen molar-refractivity contribution in [3.05, 3.63) is 69.2 Å². The molecule has 6 heteroatoms. The van der Waals surface area contributed by atoms with Crippen LogP contribution in [0.2, 0.25) is 15.1 Å². The lowest BCUT2D eigenvalue weighted by atomic mass is 10.1. The molecule has 0 aliphatic rings. The van der Waals surface area contributed by atoms with E-state index in [2.05, 4.69) is 0 Å². The van der Waals surface area contributed by atoms with Crippen LogP contribution in [0.25, 0.3) is 0 Å². The molecule has 0 amide bonds. The van der Waals surface area contributed by atoms with Crippen molar-refractivity contribution in [1.82, 2.24) is 0 Å². The van der Waals surface area contributed by atoms with Gasteiger partial charge in [0.1, 0.15) is 0 Å². The van der Waals surface area contributed by atoms with Gasteiger partial charge in [-0.25, -0.2) is 0 Å². The molecule has 0 aromatic heterocycles. The molecule has 3 nitrogen and oxygen atoms in total. The second kappa shape index (κ2) is 9.14. The third-order valence-corrected chi connectivity index (χ3v) is 4.76. The van der Waals surface area contributed by atoms with E-state index in [-0.39, 0.29) is 12.4 Å². The number of methoxy groups -OCH3 is 1. The lowest BCUT2D eigenvalue weighted by molar-refractivity contribution is -0.139. The van der Waals surface area contributed by atoms with Gasteiger partial charge in [-0.2, -0.15) is 0 Å². The summed E-state index contributed by atoms with van der Waals surface area (Å²) in [4.78, 5) is 13.7. The first kappa shape index (κ1) is 19.6. The molecule has 0 atom stereocenters. The van der Waals surface area contributed by atoms with Gasteiger partial charge in [0.25, 0.3) is 0 Å². The quantitative estimate of drug-likeness (QED) is 0.336. The molecule has 0 unspecified atom stereocenters. The molecule has 2 aromatic carbocycles. The first-order chi connectivity index (χ1) is 12.0. The predicted molar refractivity (Wildman–Crippen MR) is 105 cm³/mol. The van der Waals surface area contributed by atoms with Crippen LogP contribution in [0.5, 0.6) is 0 Å². The molecule has 132 valence electrons. The van der Waals surface area contributed by atoms with E-state index in [1.807, 2.05) is 48.2 Å². The molecule has 0 spiro atoms. The Labute approximate surface area is 162 Å². The number of benzene rings is 2. The zero-order chi connectivity index (χ0) is 18.4. The van der Waals surface area contributed by atoms with Crippen molar-refractivity contribution in [3.8, 4) is 0 Å². The van der Waals surface area contributed by atoms with Gasteiger partial charge >= 0.3 is 5.97 Å². The van der Waals surface area contributed by atoms with Crippen LogP contribution < -0.4 is 4.90 Å². The number of halogens is 3. The zero-order valence-electron chi connectivity index (χ0n) is 13.9. The molecule has 0 radical (unpaired) electrons. The summed E-state index contributed by atoms with van der Waals surface area (Å²) in [6.07, 6.45) is 4.06. The van der Waals surface area contributed by atoms with E-state index < -0.39 is 0 Å². The molecule has 0 saturated heterocycles. The minimum atomic E-state index is -0.318. The highest BCUT2D eigenvalue weighted by molar-refractivity contribution is 6.46. The highest BCUT2D eigenvalue weighted by Gasteiger charge is 2.20. The summed E-state index contributed by atoms with van der Waals surface area (Å²) in [6.45, 7) is 2.45. The minimum absolute atomic E-state index is 0.148. The Balaban J connectivity index is 2.61. The second-order valence-electron chi connectivity index (χ2n) is 5.25. The Morgan fingerprint density at radius 1 is 1.12 bits per heavy atom. The van der Waals surface area contributed by atoms with Crippen LogP contribution >= 0.6 is 34.8 Å². The Kier molecular flexibility index (Phi) is 7.18. The summed E-state index contributed by atoms with van der Waals surface area (Å²) < 4.78 is 4.80. The number of hydrogen-bond acceptors (Lipinski definition) is 3. The number of anilines is 2. The average molecular weight is 399 g/mol. The van der Waals surface area contributed by atoms with Crippen LogP contribution in [0.1, 0.15) is 12.5 Å². The van der Waals surface area contributed by atoms with Crippen molar-refractivity contribution in [3.63, 3.8) is 0 Å². The van der Waals surface area contributed by atoms with Crippen LogP contribution in [0.3, 0.4) is 0 Å². The van der Waals surface area contributed by atoms with Gasteiger partial charge in [-0.05, 0) is 30.7 Å². The molecule has 25 heavy (non-hydrogen) atoms. The average Bonchev–Trinajstić information content (AvgIpc) is 2.61. The zero-order valence-corrected chi connectivity index (χ0v) is 16.2. The molecule has 0 saturated carbocycles. The summed E-state index contributed by atoms with van der Waals surface area (Å²) >= 11 is 19.0. The third-order valence-electron chi connectivity index (χ3n) is 3.66. The number of ether oxygens (including phenoxy) is 1. The summed E-state index contributed by atoms with van der Waals surface area (Å²) in [6, 6.07) is 10.9. The molecule has 0 aliphatic heterocycles. The van der Waals surface area contributed by atoms with Crippen molar-refractivity contribution in [1.29, 1.82) is 0 Å². The molecule has 0 bridgehead atoms. The number of rotatable bonds is 6. The van der Waals surface area contributed by atoms with Crippen LogP contribution in [-0.2, 0) is 16.0 Å². The van der Waals surface area contributed by atoms with Gasteiger partial charge in [-0.1, -0.05) is 65.2 Å². The van der Waals surface area contributed by atoms with Gasteiger partial charge < -0.3 is 9.64 Å². The lowest BCUT2D eigenvalue weighted by Crippen LogP contribution is -2.20. The van der Waals surface area contributed by atoms with Crippen molar-refractivity contribution < 1.29 is 9.53 Å². The van der Waals surface area contributed by atoms with Gasteiger partial charge in [0.15, 0.2) is 0 Å². The highest BCUT2D eigenvalue weighted by Crippen LogP contribution is 2.42. The molecule has 0 fully saturated rings. The molecule has 0 aliphatic carbocycles.